The maximum Gasteiger partial charge on any atom is 0.256 e. The molecule has 1 amide bonds. The highest BCUT2D eigenvalue weighted by molar-refractivity contribution is 6.46. The molecule has 5 heteroatoms. The molecule has 98 valence electrons. The smallest absolute Gasteiger partial charge is 0.256 e. The van der Waals surface area contributed by atoms with Gasteiger partial charge in [-0.15, -0.1) is 0 Å². The van der Waals surface area contributed by atoms with Gasteiger partial charge in [0, 0.05) is 13.1 Å². The van der Waals surface area contributed by atoms with Crippen molar-refractivity contribution in [2.45, 2.75) is 25.7 Å². The number of hydrogen-bond donors (Lipinski definition) is 0. The van der Waals surface area contributed by atoms with Crippen molar-refractivity contribution in [3.63, 3.8) is 0 Å². The third-order valence-corrected chi connectivity index (χ3v) is 4.27. The lowest BCUT2D eigenvalue weighted by atomic mass is 10.2. The second kappa shape index (κ2) is 6.14. The molecule has 18 heavy (non-hydrogen) atoms. The lowest BCUT2D eigenvalue weighted by molar-refractivity contribution is 0.0762. The molecule has 0 N–H and O–H groups in total. The van der Waals surface area contributed by atoms with Gasteiger partial charge in [-0.3, -0.25) is 4.79 Å². The highest BCUT2D eigenvalue weighted by atomic mass is 35.5. The van der Waals surface area contributed by atoms with Crippen LogP contribution in [0.15, 0.2) is 12.1 Å². The van der Waals surface area contributed by atoms with E-state index in [0.717, 1.165) is 25.9 Å². The van der Waals surface area contributed by atoms with Crippen molar-refractivity contribution in [2.75, 3.05) is 13.1 Å². The number of benzene rings is 1. The van der Waals surface area contributed by atoms with Crippen LogP contribution >= 0.6 is 34.8 Å². The van der Waals surface area contributed by atoms with Crippen molar-refractivity contribution < 1.29 is 4.79 Å². The quantitative estimate of drug-likeness (QED) is 0.691. The molecule has 1 aromatic rings. The Bertz CT molecular complexity index is 454. The molecule has 0 radical (unpaired) electrons. The van der Waals surface area contributed by atoms with E-state index in [2.05, 4.69) is 0 Å². The summed E-state index contributed by atoms with van der Waals surface area (Å²) in [5.41, 5.74) is 0.327. The Hall–Kier alpha value is -0.440. The standard InChI is InChI=1S/C13H14Cl3NO/c14-9-5-6-10(15)12(16)11(9)13(18)17-7-3-1-2-4-8-17/h5-6H,1-4,7-8H2. The van der Waals surface area contributed by atoms with Crippen molar-refractivity contribution in [1.82, 2.24) is 4.90 Å². The summed E-state index contributed by atoms with van der Waals surface area (Å²) in [6, 6.07) is 3.21. The van der Waals surface area contributed by atoms with Crippen LogP contribution in [0.4, 0.5) is 0 Å². The zero-order valence-electron chi connectivity index (χ0n) is 9.89. The predicted octanol–water partition coefficient (Wildman–Crippen LogP) is 4.66. The molecule has 1 fully saturated rings. The number of hydrogen-bond acceptors (Lipinski definition) is 1. The molecule has 1 aliphatic rings. The fraction of sp³-hybridized carbons (Fsp3) is 0.462. The van der Waals surface area contributed by atoms with E-state index in [0.29, 0.717) is 15.6 Å². The van der Waals surface area contributed by atoms with Gasteiger partial charge in [0.1, 0.15) is 0 Å². The molecule has 1 aliphatic heterocycles. The molecule has 0 aliphatic carbocycles. The molecule has 1 aromatic carbocycles. The molecule has 0 saturated carbocycles. The van der Waals surface area contributed by atoms with Crippen LogP contribution < -0.4 is 0 Å². The van der Waals surface area contributed by atoms with E-state index in [1.807, 2.05) is 4.90 Å². The number of halogens is 3. The topological polar surface area (TPSA) is 20.3 Å². The SMILES string of the molecule is O=C(c1c(Cl)ccc(Cl)c1Cl)N1CCCCCC1. The van der Waals surface area contributed by atoms with Crippen LogP contribution in [0, 0.1) is 0 Å². The molecule has 2 rings (SSSR count). The second-order valence-electron chi connectivity index (χ2n) is 4.42. The monoisotopic (exact) mass is 305 g/mol. The molecule has 1 saturated heterocycles. The number of rotatable bonds is 1. The van der Waals surface area contributed by atoms with E-state index in [1.165, 1.54) is 12.8 Å². The summed E-state index contributed by atoms with van der Waals surface area (Å²) in [6.07, 6.45) is 4.39. The van der Waals surface area contributed by atoms with Gasteiger partial charge < -0.3 is 4.90 Å². The van der Waals surface area contributed by atoms with Crippen LogP contribution in [0.3, 0.4) is 0 Å². The average Bonchev–Trinajstić information content (AvgIpc) is 2.63. The fourth-order valence-electron chi connectivity index (χ4n) is 2.16. The van der Waals surface area contributed by atoms with Gasteiger partial charge in [0.2, 0.25) is 0 Å². The minimum atomic E-state index is -0.116. The van der Waals surface area contributed by atoms with Gasteiger partial charge in [0.25, 0.3) is 5.91 Å². The molecular weight excluding hydrogens is 293 g/mol. The first-order valence-corrected chi connectivity index (χ1v) is 7.17. The summed E-state index contributed by atoms with van der Waals surface area (Å²) in [4.78, 5) is 14.3. The van der Waals surface area contributed by atoms with Gasteiger partial charge in [0.15, 0.2) is 0 Å². The average molecular weight is 307 g/mol. The second-order valence-corrected chi connectivity index (χ2v) is 5.62. The van der Waals surface area contributed by atoms with Crippen LogP contribution in [0.5, 0.6) is 0 Å². The third kappa shape index (κ3) is 2.93. The molecule has 0 aromatic heterocycles. The number of carbonyl (C=O) groups excluding carboxylic acids is 1. The minimum Gasteiger partial charge on any atom is -0.339 e. The summed E-state index contributed by atoms with van der Waals surface area (Å²) >= 11 is 18.1. The zero-order valence-corrected chi connectivity index (χ0v) is 12.2. The molecular formula is C13H14Cl3NO. The summed E-state index contributed by atoms with van der Waals surface area (Å²) in [7, 11) is 0. The normalized spacial score (nSPS) is 16.5. The Balaban J connectivity index is 2.30. The third-order valence-electron chi connectivity index (χ3n) is 3.15. The van der Waals surface area contributed by atoms with Crippen LogP contribution in [0.25, 0.3) is 0 Å². The Kier molecular flexibility index (Phi) is 4.77. The van der Waals surface area contributed by atoms with E-state index in [-0.39, 0.29) is 10.9 Å². The van der Waals surface area contributed by atoms with Crippen LogP contribution in [-0.4, -0.2) is 23.9 Å². The van der Waals surface area contributed by atoms with Gasteiger partial charge in [-0.25, -0.2) is 0 Å². The summed E-state index contributed by atoms with van der Waals surface area (Å²) < 4.78 is 0. The molecule has 1 heterocycles. The number of amides is 1. The Labute approximate surface area is 122 Å². The molecule has 0 spiro atoms. The van der Waals surface area contributed by atoms with Crippen LogP contribution in [-0.2, 0) is 0 Å². The zero-order chi connectivity index (χ0) is 13.1. The van der Waals surface area contributed by atoms with Crippen LogP contribution in [0.1, 0.15) is 36.0 Å². The van der Waals surface area contributed by atoms with Crippen molar-refractivity contribution in [3.8, 4) is 0 Å². The van der Waals surface area contributed by atoms with Crippen molar-refractivity contribution in [2.24, 2.45) is 0 Å². The van der Waals surface area contributed by atoms with Crippen LogP contribution in [0.2, 0.25) is 15.1 Å². The summed E-state index contributed by atoms with van der Waals surface area (Å²) in [5.74, 6) is -0.116. The Morgan fingerprint density at radius 3 is 2.11 bits per heavy atom. The number of nitrogens with zero attached hydrogens (tertiary/aromatic N) is 1. The van der Waals surface area contributed by atoms with Gasteiger partial charge in [-0.2, -0.15) is 0 Å². The van der Waals surface area contributed by atoms with Gasteiger partial charge >= 0.3 is 0 Å². The van der Waals surface area contributed by atoms with E-state index in [4.69, 9.17) is 34.8 Å². The van der Waals surface area contributed by atoms with E-state index in [1.54, 1.807) is 12.1 Å². The van der Waals surface area contributed by atoms with Crippen molar-refractivity contribution in [1.29, 1.82) is 0 Å². The lowest BCUT2D eigenvalue weighted by Gasteiger charge is -2.21. The van der Waals surface area contributed by atoms with Gasteiger partial charge in [-0.05, 0) is 25.0 Å². The molecule has 0 unspecified atom stereocenters. The molecule has 0 atom stereocenters. The molecule has 0 bridgehead atoms. The Morgan fingerprint density at radius 2 is 1.50 bits per heavy atom. The first-order valence-electron chi connectivity index (χ1n) is 6.04. The first-order chi connectivity index (χ1) is 8.61. The first kappa shape index (κ1) is 14.0. The van der Waals surface area contributed by atoms with E-state index >= 15 is 0 Å². The van der Waals surface area contributed by atoms with Gasteiger partial charge in [0.05, 0.1) is 20.6 Å². The maximum atomic E-state index is 12.4. The largest absolute Gasteiger partial charge is 0.339 e. The fourth-order valence-corrected chi connectivity index (χ4v) is 2.84. The maximum absolute atomic E-state index is 12.4. The minimum absolute atomic E-state index is 0.116. The summed E-state index contributed by atoms with van der Waals surface area (Å²) in [6.45, 7) is 1.52. The number of carbonyl (C=O) groups is 1. The highest BCUT2D eigenvalue weighted by Crippen LogP contribution is 2.32. The predicted molar refractivity (Wildman–Crippen MR) is 75.8 cm³/mol. The van der Waals surface area contributed by atoms with Crippen molar-refractivity contribution in [3.05, 3.63) is 32.8 Å². The number of likely N-dealkylation sites (tertiary alicyclic amines) is 1. The Morgan fingerprint density at radius 1 is 0.944 bits per heavy atom. The van der Waals surface area contributed by atoms with E-state index < -0.39 is 0 Å². The lowest BCUT2D eigenvalue weighted by Crippen LogP contribution is -2.32. The van der Waals surface area contributed by atoms with Crippen molar-refractivity contribution >= 4 is 40.7 Å². The summed E-state index contributed by atoms with van der Waals surface area (Å²) in [5, 5.41) is 0.969. The van der Waals surface area contributed by atoms with Gasteiger partial charge in [-0.1, -0.05) is 47.6 Å². The molecule has 2 nitrogen and oxygen atoms in total. The highest BCUT2D eigenvalue weighted by Gasteiger charge is 2.23. The van der Waals surface area contributed by atoms with E-state index in [9.17, 15) is 4.79 Å².